The van der Waals surface area contributed by atoms with Gasteiger partial charge in [-0.1, -0.05) is 25.0 Å². The van der Waals surface area contributed by atoms with Crippen LogP contribution in [-0.4, -0.2) is 28.5 Å². The summed E-state index contributed by atoms with van der Waals surface area (Å²) < 4.78 is 0. The first-order valence-corrected chi connectivity index (χ1v) is 7.17. The summed E-state index contributed by atoms with van der Waals surface area (Å²) in [7, 11) is 0. The van der Waals surface area contributed by atoms with Crippen LogP contribution in [-0.2, 0) is 4.79 Å². The van der Waals surface area contributed by atoms with Crippen molar-refractivity contribution in [1.82, 2.24) is 5.32 Å². The second-order valence-electron chi connectivity index (χ2n) is 5.04. The van der Waals surface area contributed by atoms with Gasteiger partial charge in [0, 0.05) is 18.5 Å². The van der Waals surface area contributed by atoms with E-state index in [4.69, 9.17) is 5.11 Å². The van der Waals surface area contributed by atoms with Crippen LogP contribution >= 0.6 is 0 Å². The molecule has 1 aromatic rings. The highest BCUT2D eigenvalue weighted by Gasteiger charge is 2.21. The summed E-state index contributed by atoms with van der Waals surface area (Å²) in [4.78, 5) is 32.8. The van der Waals surface area contributed by atoms with E-state index in [0.29, 0.717) is 24.9 Å². The molecule has 1 rings (SSSR count). The zero-order valence-corrected chi connectivity index (χ0v) is 12.5. The van der Waals surface area contributed by atoms with Gasteiger partial charge in [-0.05, 0) is 25.8 Å². The first kappa shape index (κ1) is 17.6. The summed E-state index contributed by atoms with van der Waals surface area (Å²) in [5.74, 6) is -1.26. The first-order valence-electron chi connectivity index (χ1n) is 7.17. The number of nitrogens with zero attached hydrogens (tertiary/aromatic N) is 1. The number of nitro benzene ring substituents is 1. The van der Waals surface area contributed by atoms with Crippen LogP contribution in [0.2, 0.25) is 0 Å². The molecular weight excluding hydrogens is 288 g/mol. The van der Waals surface area contributed by atoms with E-state index in [1.807, 2.05) is 0 Å². The Labute approximate surface area is 128 Å². The molecule has 0 aliphatic rings. The molecule has 0 unspecified atom stereocenters. The highest BCUT2D eigenvalue weighted by atomic mass is 16.6. The monoisotopic (exact) mass is 308 g/mol. The second kappa shape index (κ2) is 8.76. The van der Waals surface area contributed by atoms with Gasteiger partial charge in [-0.3, -0.25) is 19.7 Å². The molecule has 2 N–H and O–H groups in total. The fourth-order valence-electron chi connectivity index (χ4n) is 2.14. The fraction of sp³-hybridized carbons (Fsp3) is 0.467. The molecule has 7 nitrogen and oxygen atoms in total. The number of nitro groups is 1. The Kier molecular flexibility index (Phi) is 7.01. The van der Waals surface area contributed by atoms with Crippen molar-refractivity contribution >= 4 is 17.6 Å². The zero-order valence-electron chi connectivity index (χ0n) is 12.5. The van der Waals surface area contributed by atoms with Crippen molar-refractivity contribution in [2.75, 3.05) is 6.54 Å². The Balaban J connectivity index is 2.42. The Morgan fingerprint density at radius 3 is 2.55 bits per heavy atom. The first-order chi connectivity index (χ1) is 10.4. The zero-order chi connectivity index (χ0) is 16.5. The minimum atomic E-state index is -0.806. The van der Waals surface area contributed by atoms with Crippen LogP contribution in [0.1, 0.15) is 48.0 Å². The molecule has 0 heterocycles. The molecule has 0 saturated carbocycles. The van der Waals surface area contributed by atoms with Gasteiger partial charge in [0.1, 0.15) is 5.56 Å². The number of carbonyl (C=O) groups excluding carboxylic acids is 1. The lowest BCUT2D eigenvalue weighted by Crippen LogP contribution is -2.25. The number of carboxylic acids is 1. The smallest absolute Gasteiger partial charge is 0.303 e. The van der Waals surface area contributed by atoms with Crippen molar-refractivity contribution < 1.29 is 19.6 Å². The Morgan fingerprint density at radius 2 is 1.91 bits per heavy atom. The highest BCUT2D eigenvalue weighted by Crippen LogP contribution is 2.22. The number of amides is 1. The average molecular weight is 308 g/mol. The summed E-state index contributed by atoms with van der Waals surface area (Å²) >= 11 is 0. The van der Waals surface area contributed by atoms with Crippen LogP contribution in [0.3, 0.4) is 0 Å². The minimum absolute atomic E-state index is 0.0656. The van der Waals surface area contributed by atoms with Crippen LogP contribution in [0.4, 0.5) is 5.69 Å². The molecule has 0 bridgehead atoms. The summed E-state index contributed by atoms with van der Waals surface area (Å²) in [6, 6.07) is 4.65. The van der Waals surface area contributed by atoms with E-state index in [0.717, 1.165) is 12.8 Å². The van der Waals surface area contributed by atoms with Crippen molar-refractivity contribution in [2.45, 2.75) is 39.0 Å². The maximum atomic E-state index is 12.0. The van der Waals surface area contributed by atoms with Gasteiger partial charge in [-0.2, -0.15) is 0 Å². The van der Waals surface area contributed by atoms with Gasteiger partial charge in [-0.25, -0.2) is 0 Å². The molecule has 0 saturated heterocycles. The third kappa shape index (κ3) is 5.51. The topological polar surface area (TPSA) is 110 Å². The second-order valence-corrected chi connectivity index (χ2v) is 5.04. The van der Waals surface area contributed by atoms with E-state index in [1.54, 1.807) is 19.1 Å². The third-order valence-corrected chi connectivity index (χ3v) is 3.27. The molecule has 1 amide bonds. The standard InChI is InChI=1S/C15H20N2O5/c1-11-7-6-8-12(14(11)17(21)22)15(20)16-10-5-3-2-4-9-13(18)19/h6-8H,2-5,9-10H2,1H3,(H,16,20)(H,18,19). The van der Waals surface area contributed by atoms with Gasteiger partial charge in [0.2, 0.25) is 0 Å². The Morgan fingerprint density at radius 1 is 1.23 bits per heavy atom. The molecular formula is C15H20N2O5. The number of hydrogen-bond donors (Lipinski definition) is 2. The molecule has 0 atom stereocenters. The van der Waals surface area contributed by atoms with Crippen molar-refractivity contribution in [2.24, 2.45) is 0 Å². The van der Waals surface area contributed by atoms with Gasteiger partial charge in [0.25, 0.3) is 11.6 Å². The van der Waals surface area contributed by atoms with Gasteiger partial charge >= 0.3 is 5.97 Å². The number of aryl methyl sites for hydroxylation is 1. The lowest BCUT2D eigenvalue weighted by Gasteiger charge is -2.07. The minimum Gasteiger partial charge on any atom is -0.481 e. The maximum absolute atomic E-state index is 12.0. The lowest BCUT2D eigenvalue weighted by molar-refractivity contribution is -0.385. The average Bonchev–Trinajstić information content (AvgIpc) is 2.45. The van der Waals surface area contributed by atoms with E-state index in [-0.39, 0.29) is 17.7 Å². The van der Waals surface area contributed by atoms with Gasteiger partial charge in [0.05, 0.1) is 4.92 Å². The molecule has 0 aromatic heterocycles. The fourth-order valence-corrected chi connectivity index (χ4v) is 2.14. The van der Waals surface area contributed by atoms with Crippen molar-refractivity contribution in [3.63, 3.8) is 0 Å². The van der Waals surface area contributed by atoms with E-state index in [1.165, 1.54) is 6.07 Å². The molecule has 1 aromatic carbocycles. The van der Waals surface area contributed by atoms with Gasteiger partial charge in [-0.15, -0.1) is 0 Å². The number of benzene rings is 1. The molecule has 0 spiro atoms. The van der Waals surface area contributed by atoms with E-state index in [9.17, 15) is 19.7 Å². The summed E-state index contributed by atoms with van der Waals surface area (Å²) in [6.07, 6.45) is 3.08. The van der Waals surface area contributed by atoms with Crippen LogP contribution in [0.5, 0.6) is 0 Å². The van der Waals surface area contributed by atoms with Crippen LogP contribution in [0.15, 0.2) is 18.2 Å². The SMILES string of the molecule is Cc1cccc(C(=O)NCCCCCCC(=O)O)c1[N+](=O)[O-]. The quantitative estimate of drug-likeness (QED) is 0.414. The van der Waals surface area contributed by atoms with E-state index < -0.39 is 16.8 Å². The van der Waals surface area contributed by atoms with E-state index in [2.05, 4.69) is 5.32 Å². The van der Waals surface area contributed by atoms with Crippen molar-refractivity contribution in [3.8, 4) is 0 Å². The molecule has 0 aliphatic heterocycles. The largest absolute Gasteiger partial charge is 0.481 e. The molecule has 7 heteroatoms. The number of unbranched alkanes of at least 4 members (excludes halogenated alkanes) is 3. The van der Waals surface area contributed by atoms with Crippen LogP contribution < -0.4 is 5.32 Å². The molecule has 22 heavy (non-hydrogen) atoms. The number of hydrogen-bond acceptors (Lipinski definition) is 4. The van der Waals surface area contributed by atoms with Gasteiger partial charge in [0.15, 0.2) is 0 Å². The molecule has 0 fully saturated rings. The number of rotatable bonds is 9. The van der Waals surface area contributed by atoms with Crippen LogP contribution in [0.25, 0.3) is 0 Å². The number of aliphatic carboxylic acids is 1. The molecule has 120 valence electrons. The molecule has 0 radical (unpaired) electrons. The number of carboxylic acid groups (broad SMARTS) is 1. The number of para-hydroxylation sites is 1. The van der Waals surface area contributed by atoms with Gasteiger partial charge < -0.3 is 10.4 Å². The Hall–Kier alpha value is -2.44. The maximum Gasteiger partial charge on any atom is 0.303 e. The summed E-state index contributed by atoms with van der Waals surface area (Å²) in [5, 5.41) is 22.2. The predicted molar refractivity (Wildman–Crippen MR) is 80.9 cm³/mol. The Bertz CT molecular complexity index is 557. The lowest BCUT2D eigenvalue weighted by atomic mass is 10.1. The van der Waals surface area contributed by atoms with E-state index >= 15 is 0 Å². The number of carbonyl (C=O) groups is 2. The summed E-state index contributed by atoms with van der Waals surface area (Å²) in [6.45, 7) is 2.01. The third-order valence-electron chi connectivity index (χ3n) is 3.27. The summed E-state index contributed by atoms with van der Waals surface area (Å²) in [5.41, 5.74) is 0.351. The van der Waals surface area contributed by atoms with Crippen LogP contribution in [0, 0.1) is 17.0 Å². The highest BCUT2D eigenvalue weighted by molar-refractivity contribution is 5.98. The number of nitrogens with one attached hydrogen (secondary N) is 1. The van der Waals surface area contributed by atoms with Crippen molar-refractivity contribution in [1.29, 1.82) is 0 Å². The molecule has 0 aliphatic carbocycles. The normalized spacial score (nSPS) is 10.2. The van der Waals surface area contributed by atoms with Crippen molar-refractivity contribution in [3.05, 3.63) is 39.4 Å². The predicted octanol–water partition coefficient (Wildman–Crippen LogP) is 2.67.